The van der Waals surface area contributed by atoms with E-state index in [9.17, 15) is 4.79 Å². The number of nitrogens with two attached hydrogens (primary N) is 1. The minimum atomic E-state index is -0.509. The van der Waals surface area contributed by atoms with Crippen molar-refractivity contribution in [3.8, 4) is 5.69 Å². The second-order valence-electron chi connectivity index (χ2n) is 6.10. The van der Waals surface area contributed by atoms with Gasteiger partial charge in [0.05, 0.1) is 34.4 Å². The van der Waals surface area contributed by atoms with Gasteiger partial charge < -0.3 is 15.8 Å². The summed E-state index contributed by atoms with van der Waals surface area (Å²) in [6, 6.07) is 3.80. The zero-order valence-electron chi connectivity index (χ0n) is 13.0. The maximum Gasteiger partial charge on any atom is 0.268 e. The average molecular weight is 392 g/mol. The summed E-state index contributed by atoms with van der Waals surface area (Å²) in [5.41, 5.74) is 8.39. The molecule has 0 bridgehead atoms. The Labute approximate surface area is 147 Å². The third kappa shape index (κ3) is 2.85. The van der Waals surface area contributed by atoms with Gasteiger partial charge in [0.25, 0.3) is 5.91 Å². The molecule has 1 saturated heterocycles. The van der Waals surface area contributed by atoms with E-state index in [1.807, 2.05) is 12.1 Å². The van der Waals surface area contributed by atoms with Crippen LogP contribution < -0.4 is 11.1 Å². The van der Waals surface area contributed by atoms with E-state index >= 15 is 0 Å². The highest BCUT2D eigenvalue weighted by molar-refractivity contribution is 9.10. The Morgan fingerprint density at radius 3 is 2.83 bits per heavy atom. The predicted octanol–water partition coefficient (Wildman–Crippen LogP) is 1.67. The minimum Gasteiger partial charge on any atom is -0.369 e. The number of nitrogens with one attached hydrogen (secondary N) is 1. The number of nitrogens with zero attached hydrogens (tertiary/aromatic N) is 3. The van der Waals surface area contributed by atoms with Crippen molar-refractivity contribution in [2.45, 2.75) is 24.9 Å². The van der Waals surface area contributed by atoms with Crippen molar-refractivity contribution < 1.29 is 9.53 Å². The zero-order chi connectivity index (χ0) is 16.7. The lowest BCUT2D eigenvalue weighted by atomic mass is 10.2. The third-order valence-electron chi connectivity index (χ3n) is 4.32. The van der Waals surface area contributed by atoms with Gasteiger partial charge in [0.1, 0.15) is 11.8 Å². The van der Waals surface area contributed by atoms with Crippen LogP contribution in [0.1, 0.15) is 46.7 Å². The summed E-state index contributed by atoms with van der Waals surface area (Å²) in [6.07, 6.45) is 3.85. The molecule has 3 heterocycles. The van der Waals surface area contributed by atoms with Gasteiger partial charge in [0, 0.05) is 19.0 Å². The number of carbonyl (C=O) groups is 1. The number of carbonyl (C=O) groups excluding carboxylic acids is 1. The highest BCUT2D eigenvalue weighted by atomic mass is 79.9. The number of aromatic nitrogens is 3. The number of halogens is 1. The van der Waals surface area contributed by atoms with Crippen molar-refractivity contribution in [1.29, 1.82) is 0 Å². The van der Waals surface area contributed by atoms with E-state index in [-0.39, 0.29) is 6.10 Å². The Kier molecular flexibility index (Phi) is 4.11. The molecule has 126 valence electrons. The van der Waals surface area contributed by atoms with E-state index in [2.05, 4.69) is 31.3 Å². The molecular formula is C16H18BrN5O2. The van der Waals surface area contributed by atoms with Gasteiger partial charge >= 0.3 is 0 Å². The summed E-state index contributed by atoms with van der Waals surface area (Å²) in [5.74, 6) is -0.0992. The van der Waals surface area contributed by atoms with Crippen LogP contribution in [0.2, 0.25) is 0 Å². The number of hydrogen-bond acceptors (Lipinski definition) is 5. The third-order valence-corrected chi connectivity index (χ3v) is 5.10. The van der Waals surface area contributed by atoms with E-state index in [0.29, 0.717) is 28.4 Å². The van der Waals surface area contributed by atoms with Crippen LogP contribution in [-0.4, -0.2) is 40.4 Å². The summed E-state index contributed by atoms with van der Waals surface area (Å²) in [5, 5.41) is 7.87. The molecule has 1 atom stereocenters. The SMILES string of the molecule is NC(=O)c1c(Br)c(C2CC2)nn1-c1ccc([C@@H]2CNCCO2)nc1. The lowest BCUT2D eigenvalue weighted by Gasteiger charge is -2.23. The van der Waals surface area contributed by atoms with Crippen molar-refractivity contribution in [2.75, 3.05) is 19.7 Å². The summed E-state index contributed by atoms with van der Waals surface area (Å²) in [6.45, 7) is 2.29. The van der Waals surface area contributed by atoms with Crippen molar-refractivity contribution in [2.24, 2.45) is 5.73 Å². The fraction of sp³-hybridized carbons (Fsp3) is 0.438. The summed E-state index contributed by atoms with van der Waals surface area (Å²) < 4.78 is 7.98. The normalized spacial score (nSPS) is 21.0. The van der Waals surface area contributed by atoms with Crippen LogP contribution in [0.25, 0.3) is 5.69 Å². The van der Waals surface area contributed by atoms with Gasteiger partial charge in [-0.1, -0.05) is 0 Å². The molecule has 1 aliphatic heterocycles. The summed E-state index contributed by atoms with van der Waals surface area (Å²) >= 11 is 3.48. The van der Waals surface area contributed by atoms with Gasteiger partial charge in [-0.25, -0.2) is 4.68 Å². The second-order valence-corrected chi connectivity index (χ2v) is 6.90. The monoisotopic (exact) mass is 391 g/mol. The first-order valence-corrected chi connectivity index (χ1v) is 8.81. The number of rotatable bonds is 4. The minimum absolute atomic E-state index is 0.0465. The molecule has 7 nitrogen and oxygen atoms in total. The Morgan fingerprint density at radius 2 is 2.25 bits per heavy atom. The van der Waals surface area contributed by atoms with Gasteiger partial charge in [-0.05, 0) is 40.9 Å². The predicted molar refractivity (Wildman–Crippen MR) is 91.1 cm³/mol. The highest BCUT2D eigenvalue weighted by Gasteiger charge is 2.32. The van der Waals surface area contributed by atoms with Crippen molar-refractivity contribution in [3.63, 3.8) is 0 Å². The van der Waals surface area contributed by atoms with E-state index in [0.717, 1.165) is 37.3 Å². The van der Waals surface area contributed by atoms with Crippen LogP contribution >= 0.6 is 15.9 Å². The number of hydrogen-bond donors (Lipinski definition) is 2. The molecule has 2 aromatic rings. The number of morpholine rings is 1. The molecule has 3 N–H and O–H groups in total. The largest absolute Gasteiger partial charge is 0.369 e. The molecule has 1 aliphatic carbocycles. The molecule has 2 aliphatic rings. The number of amides is 1. The van der Waals surface area contributed by atoms with Gasteiger partial charge in [-0.15, -0.1) is 0 Å². The lowest BCUT2D eigenvalue weighted by Crippen LogP contribution is -2.33. The van der Waals surface area contributed by atoms with E-state index < -0.39 is 5.91 Å². The van der Waals surface area contributed by atoms with E-state index in [1.165, 1.54) is 0 Å². The van der Waals surface area contributed by atoms with Gasteiger partial charge in [0.2, 0.25) is 0 Å². The maximum atomic E-state index is 11.9. The second kappa shape index (κ2) is 6.27. The molecule has 0 radical (unpaired) electrons. The van der Waals surface area contributed by atoms with Crippen molar-refractivity contribution in [3.05, 3.63) is 39.9 Å². The van der Waals surface area contributed by atoms with Gasteiger partial charge in [-0.3, -0.25) is 9.78 Å². The first kappa shape index (κ1) is 15.7. The highest BCUT2D eigenvalue weighted by Crippen LogP contribution is 2.43. The van der Waals surface area contributed by atoms with E-state index in [1.54, 1.807) is 10.9 Å². The molecule has 8 heteroatoms. The van der Waals surface area contributed by atoms with Gasteiger partial charge in [-0.2, -0.15) is 5.10 Å². The first-order valence-electron chi connectivity index (χ1n) is 8.02. The molecule has 24 heavy (non-hydrogen) atoms. The van der Waals surface area contributed by atoms with Crippen LogP contribution in [0.15, 0.2) is 22.8 Å². The fourth-order valence-electron chi connectivity index (χ4n) is 2.90. The summed E-state index contributed by atoms with van der Waals surface area (Å²) in [4.78, 5) is 16.4. The zero-order valence-corrected chi connectivity index (χ0v) is 14.6. The Bertz CT molecular complexity index is 764. The van der Waals surface area contributed by atoms with E-state index in [4.69, 9.17) is 10.5 Å². The van der Waals surface area contributed by atoms with Crippen LogP contribution in [0.5, 0.6) is 0 Å². The molecule has 2 fully saturated rings. The van der Waals surface area contributed by atoms with Crippen LogP contribution in [0.3, 0.4) is 0 Å². The molecule has 0 aromatic carbocycles. The lowest BCUT2D eigenvalue weighted by molar-refractivity contribution is 0.0250. The van der Waals surface area contributed by atoms with Gasteiger partial charge in [0.15, 0.2) is 0 Å². The van der Waals surface area contributed by atoms with Crippen molar-refractivity contribution in [1.82, 2.24) is 20.1 Å². The van der Waals surface area contributed by atoms with Crippen LogP contribution in [-0.2, 0) is 4.74 Å². The number of pyridine rings is 1. The Morgan fingerprint density at radius 1 is 1.42 bits per heavy atom. The molecule has 1 saturated carbocycles. The Balaban J connectivity index is 1.68. The van der Waals surface area contributed by atoms with Crippen molar-refractivity contribution >= 4 is 21.8 Å². The molecule has 1 amide bonds. The molecule has 4 rings (SSSR count). The molecule has 0 unspecified atom stereocenters. The number of ether oxygens (including phenoxy) is 1. The standard InChI is InChI=1S/C16H18BrN5O2/c17-13-14(9-1-2-9)21-22(15(13)16(18)23)10-3-4-11(20-7-10)12-8-19-5-6-24-12/h3-4,7,9,12,19H,1-2,5-6,8H2,(H2,18,23)/t12-/m0/s1. The quantitative estimate of drug-likeness (QED) is 0.826. The number of primary amides is 1. The average Bonchev–Trinajstić information content (AvgIpc) is 3.38. The topological polar surface area (TPSA) is 95.1 Å². The molecule has 2 aromatic heterocycles. The smallest absolute Gasteiger partial charge is 0.268 e. The van der Waals surface area contributed by atoms with Crippen LogP contribution in [0, 0.1) is 0 Å². The molecular weight excluding hydrogens is 374 g/mol. The van der Waals surface area contributed by atoms with Crippen LogP contribution in [0.4, 0.5) is 0 Å². The summed E-state index contributed by atoms with van der Waals surface area (Å²) in [7, 11) is 0. The first-order chi connectivity index (χ1) is 11.6. The fourth-order valence-corrected chi connectivity index (χ4v) is 3.67. The Hall–Kier alpha value is -1.77. The maximum absolute atomic E-state index is 11.9. The molecule has 0 spiro atoms.